The molecule has 0 unspecified atom stereocenters. The normalized spacial score (nSPS) is 11.7. The Morgan fingerprint density at radius 2 is 1.80 bits per heavy atom. The fourth-order valence-electron chi connectivity index (χ4n) is 0.915. The number of carbonyl (C=O) groups is 2. The van der Waals surface area contributed by atoms with Crippen LogP contribution in [0.1, 0.15) is 20.3 Å². The molecule has 0 fully saturated rings. The molecule has 0 saturated carbocycles. The van der Waals surface area contributed by atoms with Gasteiger partial charge in [0.15, 0.2) is 0 Å². The zero-order valence-electron chi connectivity index (χ0n) is 9.12. The van der Waals surface area contributed by atoms with Crippen molar-refractivity contribution in [3.63, 3.8) is 0 Å². The Morgan fingerprint density at radius 3 is 2.27 bits per heavy atom. The van der Waals surface area contributed by atoms with Crippen LogP contribution in [0.5, 0.6) is 0 Å². The standard InChI is InChI=1S/C10H17NO4/c1-4-14-9(12)7(3)6-8(11)10(13)15-5-2/h8H,3-6,11H2,1-2H3/t8-/m0/s1. The van der Waals surface area contributed by atoms with E-state index in [1.54, 1.807) is 13.8 Å². The fraction of sp³-hybridized carbons (Fsp3) is 0.600. The van der Waals surface area contributed by atoms with Gasteiger partial charge in [0.05, 0.1) is 13.2 Å². The van der Waals surface area contributed by atoms with Gasteiger partial charge in [0.1, 0.15) is 6.04 Å². The molecule has 2 N–H and O–H groups in total. The molecule has 0 spiro atoms. The van der Waals surface area contributed by atoms with Crippen LogP contribution in [-0.4, -0.2) is 31.2 Å². The first-order valence-electron chi connectivity index (χ1n) is 4.80. The SMILES string of the molecule is C=C(C[C@H](N)C(=O)OCC)C(=O)OCC. The molecule has 0 aliphatic carbocycles. The van der Waals surface area contributed by atoms with Crippen LogP contribution in [0.2, 0.25) is 0 Å². The van der Waals surface area contributed by atoms with Crippen molar-refractivity contribution in [3.05, 3.63) is 12.2 Å². The summed E-state index contributed by atoms with van der Waals surface area (Å²) in [5, 5.41) is 0. The van der Waals surface area contributed by atoms with E-state index in [0.29, 0.717) is 0 Å². The lowest BCUT2D eigenvalue weighted by atomic mass is 10.1. The van der Waals surface area contributed by atoms with E-state index in [2.05, 4.69) is 11.3 Å². The second-order valence-corrected chi connectivity index (χ2v) is 2.89. The fourth-order valence-corrected chi connectivity index (χ4v) is 0.915. The Kier molecular flexibility index (Phi) is 6.37. The molecule has 0 aromatic carbocycles. The third-order valence-corrected chi connectivity index (χ3v) is 1.62. The molecule has 0 rings (SSSR count). The highest BCUT2D eigenvalue weighted by molar-refractivity contribution is 5.89. The van der Waals surface area contributed by atoms with Gasteiger partial charge < -0.3 is 15.2 Å². The molecular formula is C10H17NO4. The van der Waals surface area contributed by atoms with E-state index >= 15 is 0 Å². The summed E-state index contributed by atoms with van der Waals surface area (Å²) in [6.07, 6.45) is 0.0532. The van der Waals surface area contributed by atoms with E-state index in [9.17, 15) is 9.59 Å². The number of carbonyl (C=O) groups excluding carboxylic acids is 2. The molecule has 1 atom stereocenters. The van der Waals surface area contributed by atoms with Crippen molar-refractivity contribution < 1.29 is 19.1 Å². The molecule has 15 heavy (non-hydrogen) atoms. The Labute approximate surface area is 89.2 Å². The van der Waals surface area contributed by atoms with Gasteiger partial charge in [-0.25, -0.2) is 4.79 Å². The summed E-state index contributed by atoms with van der Waals surface area (Å²) in [5.41, 5.74) is 5.67. The molecule has 0 heterocycles. The predicted molar refractivity (Wildman–Crippen MR) is 55.0 cm³/mol. The van der Waals surface area contributed by atoms with Crippen LogP contribution in [0.25, 0.3) is 0 Å². The Morgan fingerprint density at radius 1 is 1.27 bits per heavy atom. The molecule has 0 radical (unpaired) electrons. The van der Waals surface area contributed by atoms with E-state index in [0.717, 1.165) is 0 Å². The zero-order chi connectivity index (χ0) is 11.8. The van der Waals surface area contributed by atoms with Gasteiger partial charge in [-0.05, 0) is 13.8 Å². The summed E-state index contributed by atoms with van der Waals surface area (Å²) in [5.74, 6) is -1.07. The molecule has 0 aromatic heterocycles. The van der Waals surface area contributed by atoms with Crippen molar-refractivity contribution in [1.29, 1.82) is 0 Å². The minimum Gasteiger partial charge on any atom is -0.465 e. The lowest BCUT2D eigenvalue weighted by Gasteiger charge is -2.11. The number of esters is 2. The molecule has 0 amide bonds. The van der Waals surface area contributed by atoms with Gasteiger partial charge in [0, 0.05) is 12.0 Å². The number of nitrogens with two attached hydrogens (primary N) is 1. The van der Waals surface area contributed by atoms with Gasteiger partial charge >= 0.3 is 11.9 Å². The Hall–Kier alpha value is -1.36. The van der Waals surface area contributed by atoms with Gasteiger partial charge in [0.2, 0.25) is 0 Å². The lowest BCUT2D eigenvalue weighted by molar-refractivity contribution is -0.144. The monoisotopic (exact) mass is 215 g/mol. The summed E-state index contributed by atoms with van der Waals surface area (Å²) >= 11 is 0. The third kappa shape index (κ3) is 5.17. The number of ether oxygens (including phenoxy) is 2. The maximum absolute atomic E-state index is 11.1. The number of hydrogen-bond donors (Lipinski definition) is 1. The van der Waals surface area contributed by atoms with Crippen LogP contribution < -0.4 is 5.73 Å². The van der Waals surface area contributed by atoms with E-state index in [1.165, 1.54) is 0 Å². The molecule has 5 heteroatoms. The first-order chi connectivity index (χ1) is 7.02. The lowest BCUT2D eigenvalue weighted by Crippen LogP contribution is -2.33. The highest BCUT2D eigenvalue weighted by Gasteiger charge is 2.19. The van der Waals surface area contributed by atoms with Gasteiger partial charge in [-0.3, -0.25) is 4.79 Å². The quantitative estimate of drug-likeness (QED) is 0.512. The minimum absolute atomic E-state index is 0.0532. The molecule has 0 bridgehead atoms. The van der Waals surface area contributed by atoms with Gasteiger partial charge in [0.25, 0.3) is 0 Å². The third-order valence-electron chi connectivity index (χ3n) is 1.62. The Bertz CT molecular complexity index is 250. The van der Waals surface area contributed by atoms with Gasteiger partial charge in [-0.15, -0.1) is 0 Å². The molecule has 86 valence electrons. The largest absolute Gasteiger partial charge is 0.465 e. The highest BCUT2D eigenvalue weighted by Crippen LogP contribution is 2.05. The molecule has 0 aromatic rings. The molecular weight excluding hydrogens is 198 g/mol. The van der Waals surface area contributed by atoms with Crippen LogP contribution in [0.3, 0.4) is 0 Å². The van der Waals surface area contributed by atoms with E-state index in [1.807, 2.05) is 0 Å². The zero-order valence-corrected chi connectivity index (χ0v) is 9.12. The second-order valence-electron chi connectivity index (χ2n) is 2.89. The van der Waals surface area contributed by atoms with Crippen molar-refractivity contribution in [2.24, 2.45) is 5.73 Å². The molecule has 0 saturated heterocycles. The molecule has 0 aliphatic rings. The van der Waals surface area contributed by atoms with E-state index < -0.39 is 18.0 Å². The van der Waals surface area contributed by atoms with Gasteiger partial charge in [-0.1, -0.05) is 6.58 Å². The summed E-state index contributed by atoms with van der Waals surface area (Å²) in [4.78, 5) is 22.2. The van der Waals surface area contributed by atoms with Crippen LogP contribution in [0.15, 0.2) is 12.2 Å². The topological polar surface area (TPSA) is 78.6 Å². The number of hydrogen-bond acceptors (Lipinski definition) is 5. The summed E-state index contributed by atoms with van der Waals surface area (Å²) in [7, 11) is 0. The number of rotatable bonds is 6. The Balaban J connectivity index is 4.06. The highest BCUT2D eigenvalue weighted by atomic mass is 16.5. The van der Waals surface area contributed by atoms with Crippen LogP contribution in [0.4, 0.5) is 0 Å². The van der Waals surface area contributed by atoms with Crippen LogP contribution in [0, 0.1) is 0 Å². The first-order valence-corrected chi connectivity index (χ1v) is 4.80. The minimum atomic E-state index is -0.859. The first kappa shape index (κ1) is 13.6. The molecule has 0 aliphatic heterocycles. The van der Waals surface area contributed by atoms with Crippen molar-refractivity contribution in [2.45, 2.75) is 26.3 Å². The molecule has 5 nitrogen and oxygen atoms in total. The van der Waals surface area contributed by atoms with Crippen LogP contribution in [-0.2, 0) is 19.1 Å². The van der Waals surface area contributed by atoms with E-state index in [4.69, 9.17) is 10.5 Å². The van der Waals surface area contributed by atoms with E-state index in [-0.39, 0.29) is 25.2 Å². The van der Waals surface area contributed by atoms with Crippen molar-refractivity contribution in [3.8, 4) is 0 Å². The average Bonchev–Trinajstić information content (AvgIpc) is 2.18. The second kappa shape index (κ2) is 7.00. The maximum Gasteiger partial charge on any atom is 0.333 e. The van der Waals surface area contributed by atoms with Crippen molar-refractivity contribution in [2.75, 3.05) is 13.2 Å². The van der Waals surface area contributed by atoms with Crippen molar-refractivity contribution >= 4 is 11.9 Å². The summed E-state index contributed by atoms with van der Waals surface area (Å²) < 4.78 is 9.39. The summed E-state index contributed by atoms with van der Waals surface area (Å²) in [6, 6.07) is -0.859. The van der Waals surface area contributed by atoms with Crippen LogP contribution >= 0.6 is 0 Å². The van der Waals surface area contributed by atoms with Crippen molar-refractivity contribution in [1.82, 2.24) is 0 Å². The predicted octanol–water partition coefficient (Wildman–Crippen LogP) is 0.386. The summed E-state index contributed by atoms with van der Waals surface area (Å²) in [6.45, 7) is 7.40. The average molecular weight is 215 g/mol. The smallest absolute Gasteiger partial charge is 0.333 e. The maximum atomic E-state index is 11.1. The van der Waals surface area contributed by atoms with Gasteiger partial charge in [-0.2, -0.15) is 0 Å².